The van der Waals surface area contributed by atoms with Crippen LogP contribution in [0.4, 0.5) is 5.13 Å². The minimum absolute atomic E-state index is 0.00585. The van der Waals surface area contributed by atoms with Crippen molar-refractivity contribution < 1.29 is 4.79 Å². The first kappa shape index (κ1) is 17.4. The maximum absolute atomic E-state index is 13.3. The first-order chi connectivity index (χ1) is 13.2. The molecule has 0 saturated carbocycles. The number of carbonyl (C=O) groups excluding carboxylic acids is 1. The van der Waals surface area contributed by atoms with E-state index in [1.54, 1.807) is 27.1 Å². The Labute approximate surface area is 161 Å². The van der Waals surface area contributed by atoms with Gasteiger partial charge in [-0.05, 0) is 37.1 Å². The van der Waals surface area contributed by atoms with Gasteiger partial charge in [-0.1, -0.05) is 53.8 Å². The van der Waals surface area contributed by atoms with E-state index in [-0.39, 0.29) is 11.9 Å². The molecule has 2 aromatic carbocycles. The van der Waals surface area contributed by atoms with Crippen molar-refractivity contribution >= 4 is 32.6 Å². The highest BCUT2D eigenvalue weighted by Gasteiger charge is 2.25. The van der Waals surface area contributed by atoms with Gasteiger partial charge in [-0.3, -0.25) is 14.4 Å². The summed E-state index contributed by atoms with van der Waals surface area (Å²) in [7, 11) is 0. The zero-order valence-electron chi connectivity index (χ0n) is 15.0. The van der Waals surface area contributed by atoms with Crippen molar-refractivity contribution in [2.75, 3.05) is 11.4 Å². The van der Waals surface area contributed by atoms with Crippen LogP contribution in [-0.4, -0.2) is 27.2 Å². The highest BCUT2D eigenvalue weighted by atomic mass is 32.1. The molecule has 5 nitrogen and oxygen atoms in total. The van der Waals surface area contributed by atoms with Gasteiger partial charge in [0.15, 0.2) is 5.13 Å². The van der Waals surface area contributed by atoms with E-state index in [0.717, 1.165) is 21.8 Å². The Balaban J connectivity index is 1.64. The number of carbonyl (C=O) groups is 1. The molecular weight excluding hydrogens is 356 g/mol. The summed E-state index contributed by atoms with van der Waals surface area (Å²) in [6.45, 7) is 2.45. The Morgan fingerprint density at radius 1 is 1.11 bits per heavy atom. The van der Waals surface area contributed by atoms with Gasteiger partial charge in [0.1, 0.15) is 6.04 Å². The largest absolute Gasteiger partial charge is 0.286 e. The molecule has 0 N–H and O–H groups in total. The SMILES string of the molecule is CC(C(=O)N(CCc1ccccc1)c1nc2ccccc2s1)n1cccn1. The monoisotopic (exact) mass is 376 g/mol. The number of thiazole rings is 1. The molecule has 4 aromatic rings. The number of hydrogen-bond donors (Lipinski definition) is 0. The third kappa shape index (κ3) is 3.75. The lowest BCUT2D eigenvalue weighted by Crippen LogP contribution is -2.38. The predicted molar refractivity (Wildman–Crippen MR) is 109 cm³/mol. The van der Waals surface area contributed by atoms with Crippen LogP contribution in [0.5, 0.6) is 0 Å². The summed E-state index contributed by atoms with van der Waals surface area (Å²) in [6.07, 6.45) is 4.28. The zero-order chi connectivity index (χ0) is 18.6. The summed E-state index contributed by atoms with van der Waals surface area (Å²) in [6, 6.07) is 19.6. The van der Waals surface area contributed by atoms with Crippen LogP contribution in [0.3, 0.4) is 0 Å². The van der Waals surface area contributed by atoms with Gasteiger partial charge in [0.05, 0.1) is 10.2 Å². The zero-order valence-corrected chi connectivity index (χ0v) is 15.8. The molecule has 0 fully saturated rings. The van der Waals surface area contributed by atoms with Crippen LogP contribution >= 0.6 is 11.3 Å². The quantitative estimate of drug-likeness (QED) is 0.503. The van der Waals surface area contributed by atoms with Gasteiger partial charge in [0.25, 0.3) is 5.91 Å². The summed E-state index contributed by atoms with van der Waals surface area (Å²) in [4.78, 5) is 19.8. The second kappa shape index (κ2) is 7.72. The molecule has 6 heteroatoms. The smallest absolute Gasteiger partial charge is 0.253 e. The van der Waals surface area contributed by atoms with Crippen molar-refractivity contribution in [3.8, 4) is 0 Å². The Hall–Kier alpha value is -2.99. The second-order valence-corrected chi connectivity index (χ2v) is 7.36. The van der Waals surface area contributed by atoms with Crippen molar-refractivity contribution in [3.05, 3.63) is 78.6 Å². The van der Waals surface area contributed by atoms with Gasteiger partial charge in [0, 0.05) is 18.9 Å². The van der Waals surface area contributed by atoms with E-state index >= 15 is 0 Å². The summed E-state index contributed by atoms with van der Waals surface area (Å²) in [5.74, 6) is -0.00585. The molecule has 0 saturated heterocycles. The lowest BCUT2D eigenvalue weighted by Gasteiger charge is -2.23. The normalized spacial score (nSPS) is 12.2. The molecule has 0 radical (unpaired) electrons. The lowest BCUT2D eigenvalue weighted by atomic mass is 10.1. The number of hydrogen-bond acceptors (Lipinski definition) is 4. The first-order valence-electron chi connectivity index (χ1n) is 8.92. The second-order valence-electron chi connectivity index (χ2n) is 6.35. The molecule has 0 bridgehead atoms. The van der Waals surface area contributed by atoms with E-state index in [2.05, 4.69) is 17.2 Å². The molecule has 1 atom stereocenters. The van der Waals surface area contributed by atoms with Gasteiger partial charge >= 0.3 is 0 Å². The van der Waals surface area contributed by atoms with Crippen LogP contribution in [-0.2, 0) is 11.2 Å². The first-order valence-corrected chi connectivity index (χ1v) is 9.74. The molecule has 0 aliphatic rings. The Kier molecular flexibility index (Phi) is 4.98. The van der Waals surface area contributed by atoms with E-state index in [9.17, 15) is 4.79 Å². The number of fused-ring (bicyclic) bond motifs is 1. The molecule has 0 spiro atoms. The molecule has 1 amide bonds. The minimum Gasteiger partial charge on any atom is -0.286 e. The van der Waals surface area contributed by atoms with E-state index in [1.807, 2.05) is 61.7 Å². The van der Waals surface area contributed by atoms with Gasteiger partial charge in [-0.25, -0.2) is 4.98 Å². The third-order valence-electron chi connectivity index (χ3n) is 4.53. The Morgan fingerprint density at radius 2 is 1.89 bits per heavy atom. The molecule has 0 aliphatic heterocycles. The Bertz CT molecular complexity index is 994. The van der Waals surface area contributed by atoms with Crippen LogP contribution in [0.2, 0.25) is 0 Å². The standard InChI is InChI=1S/C21H20N4OS/c1-16(25-14-7-13-22-25)20(26)24(15-12-17-8-3-2-4-9-17)21-23-18-10-5-6-11-19(18)27-21/h2-11,13-14,16H,12,15H2,1H3. The number of para-hydroxylation sites is 1. The number of nitrogens with zero attached hydrogens (tertiary/aromatic N) is 4. The van der Waals surface area contributed by atoms with Gasteiger partial charge < -0.3 is 0 Å². The van der Waals surface area contributed by atoms with Crippen LogP contribution in [0.15, 0.2) is 73.1 Å². The van der Waals surface area contributed by atoms with Crippen LogP contribution in [0.25, 0.3) is 10.2 Å². The molecule has 4 rings (SSSR count). The maximum Gasteiger partial charge on any atom is 0.253 e. The fourth-order valence-corrected chi connectivity index (χ4v) is 4.01. The molecule has 1 unspecified atom stereocenters. The maximum atomic E-state index is 13.3. The number of aromatic nitrogens is 3. The number of rotatable bonds is 6. The van der Waals surface area contributed by atoms with Crippen molar-refractivity contribution in [2.45, 2.75) is 19.4 Å². The molecular formula is C21H20N4OS. The van der Waals surface area contributed by atoms with Crippen molar-refractivity contribution in [2.24, 2.45) is 0 Å². The molecule has 2 aromatic heterocycles. The molecule has 136 valence electrons. The fourth-order valence-electron chi connectivity index (χ4n) is 3.01. The summed E-state index contributed by atoms with van der Waals surface area (Å²) in [5, 5.41) is 4.96. The van der Waals surface area contributed by atoms with E-state index in [0.29, 0.717) is 6.54 Å². The topological polar surface area (TPSA) is 51.0 Å². The van der Waals surface area contributed by atoms with Crippen molar-refractivity contribution in [3.63, 3.8) is 0 Å². The summed E-state index contributed by atoms with van der Waals surface area (Å²) >= 11 is 1.55. The van der Waals surface area contributed by atoms with Crippen molar-refractivity contribution in [1.82, 2.24) is 14.8 Å². The van der Waals surface area contributed by atoms with Gasteiger partial charge in [-0.15, -0.1) is 0 Å². The molecule has 0 aliphatic carbocycles. The number of benzene rings is 2. The van der Waals surface area contributed by atoms with E-state index in [1.165, 1.54) is 5.56 Å². The molecule has 2 heterocycles. The van der Waals surface area contributed by atoms with Gasteiger partial charge in [0.2, 0.25) is 0 Å². The average molecular weight is 376 g/mol. The Morgan fingerprint density at radius 3 is 2.63 bits per heavy atom. The van der Waals surface area contributed by atoms with Crippen LogP contribution < -0.4 is 4.90 Å². The van der Waals surface area contributed by atoms with Crippen LogP contribution in [0, 0.1) is 0 Å². The highest BCUT2D eigenvalue weighted by Crippen LogP contribution is 2.30. The minimum atomic E-state index is -0.386. The highest BCUT2D eigenvalue weighted by molar-refractivity contribution is 7.22. The van der Waals surface area contributed by atoms with Crippen LogP contribution in [0.1, 0.15) is 18.5 Å². The van der Waals surface area contributed by atoms with E-state index < -0.39 is 0 Å². The van der Waals surface area contributed by atoms with Crippen molar-refractivity contribution in [1.29, 1.82) is 0 Å². The lowest BCUT2D eigenvalue weighted by molar-refractivity contribution is -0.121. The average Bonchev–Trinajstić information content (AvgIpc) is 3.38. The third-order valence-corrected chi connectivity index (χ3v) is 5.58. The predicted octanol–water partition coefficient (Wildman–Crippen LogP) is 4.33. The van der Waals surface area contributed by atoms with E-state index in [4.69, 9.17) is 4.98 Å². The molecule has 27 heavy (non-hydrogen) atoms. The van der Waals surface area contributed by atoms with Gasteiger partial charge in [-0.2, -0.15) is 5.10 Å². The summed E-state index contributed by atoms with van der Waals surface area (Å²) in [5.41, 5.74) is 2.12. The fraction of sp³-hybridized carbons (Fsp3) is 0.190. The number of amides is 1. The summed E-state index contributed by atoms with van der Waals surface area (Å²) < 4.78 is 2.77. The number of anilines is 1.